The molecule has 0 amide bonds. The van der Waals surface area contributed by atoms with Crippen molar-refractivity contribution in [2.75, 3.05) is 18.0 Å². The first-order valence-electron chi connectivity index (χ1n) is 4.96. The Morgan fingerprint density at radius 1 is 1.40 bits per heavy atom. The van der Waals surface area contributed by atoms with Crippen LogP contribution < -0.4 is 4.90 Å². The molecule has 0 aromatic heterocycles. The number of likely N-dealkylation sites (N-methyl/N-ethyl adjacent to an activating group) is 1. The third-order valence-electron chi connectivity index (χ3n) is 2.15. The molecule has 15 heavy (non-hydrogen) atoms. The molecule has 0 aliphatic carbocycles. The monoisotopic (exact) mass is 202 g/mol. The molecule has 0 heterocycles. The highest BCUT2D eigenvalue weighted by Crippen LogP contribution is 2.12. The highest BCUT2D eigenvalue weighted by Gasteiger charge is 2.08. The lowest BCUT2D eigenvalue weighted by Gasteiger charge is -2.21. The van der Waals surface area contributed by atoms with E-state index in [0.717, 1.165) is 12.2 Å². The SMILES string of the molecule is CCN(CC(=O)CC#N)c1ccccc1. The summed E-state index contributed by atoms with van der Waals surface area (Å²) >= 11 is 0. The predicted octanol–water partition coefficient (Wildman–Crippen LogP) is 2.00. The van der Waals surface area contributed by atoms with Crippen LogP contribution in [-0.2, 0) is 4.79 Å². The minimum atomic E-state index is -0.0387. The zero-order valence-corrected chi connectivity index (χ0v) is 8.81. The van der Waals surface area contributed by atoms with E-state index in [0.29, 0.717) is 6.54 Å². The quantitative estimate of drug-likeness (QED) is 0.733. The van der Waals surface area contributed by atoms with Gasteiger partial charge in [0.1, 0.15) is 0 Å². The molecule has 0 unspecified atom stereocenters. The number of nitriles is 1. The maximum absolute atomic E-state index is 11.3. The molecule has 3 nitrogen and oxygen atoms in total. The largest absolute Gasteiger partial charge is 0.364 e. The van der Waals surface area contributed by atoms with Crippen molar-refractivity contribution in [3.8, 4) is 6.07 Å². The van der Waals surface area contributed by atoms with Crippen LogP contribution in [0.2, 0.25) is 0 Å². The Morgan fingerprint density at radius 3 is 2.60 bits per heavy atom. The van der Waals surface area contributed by atoms with E-state index < -0.39 is 0 Å². The normalized spacial score (nSPS) is 9.33. The number of benzene rings is 1. The maximum atomic E-state index is 11.3. The molecule has 0 aliphatic heterocycles. The van der Waals surface area contributed by atoms with E-state index >= 15 is 0 Å². The third-order valence-corrected chi connectivity index (χ3v) is 2.15. The van der Waals surface area contributed by atoms with Gasteiger partial charge in [0.05, 0.1) is 19.0 Å². The number of Topliss-reactive ketones (excluding diaryl/α,β-unsaturated/α-hetero) is 1. The highest BCUT2D eigenvalue weighted by molar-refractivity contribution is 5.85. The molecule has 1 aromatic rings. The Hall–Kier alpha value is -1.82. The van der Waals surface area contributed by atoms with E-state index in [4.69, 9.17) is 5.26 Å². The van der Waals surface area contributed by atoms with Gasteiger partial charge in [-0.2, -0.15) is 5.26 Å². The number of ketones is 1. The molecule has 0 radical (unpaired) electrons. The number of carbonyl (C=O) groups is 1. The fourth-order valence-corrected chi connectivity index (χ4v) is 1.38. The number of nitrogens with zero attached hydrogens (tertiary/aromatic N) is 2. The van der Waals surface area contributed by atoms with Gasteiger partial charge in [0.25, 0.3) is 0 Å². The summed E-state index contributed by atoms with van der Waals surface area (Å²) in [7, 11) is 0. The molecule has 3 heteroatoms. The van der Waals surface area contributed by atoms with Crippen molar-refractivity contribution in [3.63, 3.8) is 0 Å². The summed E-state index contributed by atoms with van der Waals surface area (Å²) in [6.45, 7) is 3.07. The van der Waals surface area contributed by atoms with E-state index in [-0.39, 0.29) is 12.2 Å². The Morgan fingerprint density at radius 2 is 2.07 bits per heavy atom. The van der Waals surface area contributed by atoms with Crippen LogP contribution in [0.1, 0.15) is 13.3 Å². The van der Waals surface area contributed by atoms with Crippen molar-refractivity contribution in [1.29, 1.82) is 5.26 Å². The Bertz CT molecular complexity index is 354. The predicted molar refractivity (Wildman–Crippen MR) is 59.6 cm³/mol. The summed E-state index contributed by atoms with van der Waals surface area (Å²) in [6.07, 6.45) is -0.0106. The molecular weight excluding hydrogens is 188 g/mol. The van der Waals surface area contributed by atoms with Crippen LogP contribution >= 0.6 is 0 Å². The summed E-state index contributed by atoms with van der Waals surface area (Å²) in [6, 6.07) is 11.6. The van der Waals surface area contributed by atoms with Gasteiger partial charge in [0.15, 0.2) is 5.78 Å². The van der Waals surface area contributed by atoms with Crippen molar-refractivity contribution >= 4 is 11.5 Å². The Labute approximate surface area is 89.9 Å². The first-order valence-corrected chi connectivity index (χ1v) is 4.96. The molecule has 78 valence electrons. The second kappa shape index (κ2) is 5.82. The lowest BCUT2D eigenvalue weighted by Crippen LogP contribution is -2.29. The number of anilines is 1. The van der Waals surface area contributed by atoms with E-state index in [2.05, 4.69) is 0 Å². The van der Waals surface area contributed by atoms with Gasteiger partial charge in [0.2, 0.25) is 0 Å². The minimum absolute atomic E-state index is 0.0106. The maximum Gasteiger partial charge on any atom is 0.166 e. The van der Waals surface area contributed by atoms with E-state index in [1.54, 1.807) is 0 Å². The summed E-state index contributed by atoms with van der Waals surface area (Å²) in [5, 5.41) is 8.40. The van der Waals surface area contributed by atoms with Crippen LogP contribution in [0.5, 0.6) is 0 Å². The molecule has 0 saturated heterocycles. The van der Waals surface area contributed by atoms with Gasteiger partial charge in [-0.15, -0.1) is 0 Å². The summed E-state index contributed by atoms with van der Waals surface area (Å²) in [4.78, 5) is 13.3. The van der Waals surface area contributed by atoms with Crippen molar-refractivity contribution in [3.05, 3.63) is 30.3 Å². The molecule has 0 aliphatic rings. The molecule has 0 fully saturated rings. The zero-order valence-electron chi connectivity index (χ0n) is 8.81. The molecule has 1 rings (SSSR count). The van der Waals surface area contributed by atoms with Crippen LogP contribution in [-0.4, -0.2) is 18.9 Å². The van der Waals surface area contributed by atoms with Gasteiger partial charge >= 0.3 is 0 Å². The number of carbonyl (C=O) groups excluding carboxylic acids is 1. The molecule has 0 bridgehead atoms. The lowest BCUT2D eigenvalue weighted by molar-refractivity contribution is -0.116. The summed E-state index contributed by atoms with van der Waals surface area (Å²) in [5.41, 5.74) is 1.02. The number of hydrogen-bond acceptors (Lipinski definition) is 3. The van der Waals surface area contributed by atoms with Crippen LogP contribution in [0.25, 0.3) is 0 Å². The molecule has 1 aromatic carbocycles. The van der Waals surface area contributed by atoms with Gasteiger partial charge in [-0.05, 0) is 19.1 Å². The molecular formula is C12H14N2O. The average molecular weight is 202 g/mol. The summed E-state index contributed by atoms with van der Waals surface area (Å²) in [5.74, 6) is -0.0387. The molecule has 0 atom stereocenters. The fourth-order valence-electron chi connectivity index (χ4n) is 1.38. The Balaban J connectivity index is 2.65. The zero-order chi connectivity index (χ0) is 11.1. The van der Waals surface area contributed by atoms with Crippen LogP contribution in [0.3, 0.4) is 0 Å². The summed E-state index contributed by atoms with van der Waals surface area (Å²) < 4.78 is 0. The Kier molecular flexibility index (Phi) is 4.36. The second-order valence-corrected chi connectivity index (χ2v) is 3.22. The van der Waals surface area contributed by atoms with Crippen LogP contribution in [0.4, 0.5) is 5.69 Å². The van der Waals surface area contributed by atoms with Gasteiger partial charge in [0, 0.05) is 12.2 Å². The van der Waals surface area contributed by atoms with E-state index in [1.165, 1.54) is 0 Å². The lowest BCUT2D eigenvalue weighted by atomic mass is 10.2. The van der Waals surface area contributed by atoms with Crippen LogP contribution in [0, 0.1) is 11.3 Å². The number of hydrogen-bond donors (Lipinski definition) is 0. The third kappa shape index (κ3) is 3.43. The minimum Gasteiger partial charge on any atom is -0.364 e. The highest BCUT2D eigenvalue weighted by atomic mass is 16.1. The second-order valence-electron chi connectivity index (χ2n) is 3.22. The molecule has 0 spiro atoms. The van der Waals surface area contributed by atoms with Gasteiger partial charge in [-0.25, -0.2) is 0 Å². The van der Waals surface area contributed by atoms with Crippen molar-refractivity contribution < 1.29 is 4.79 Å². The fraction of sp³-hybridized carbons (Fsp3) is 0.333. The smallest absolute Gasteiger partial charge is 0.166 e. The van der Waals surface area contributed by atoms with Crippen molar-refractivity contribution in [1.82, 2.24) is 0 Å². The number of para-hydroxylation sites is 1. The first-order chi connectivity index (χ1) is 7.27. The molecule has 0 saturated carbocycles. The first kappa shape index (κ1) is 11.3. The van der Waals surface area contributed by atoms with Gasteiger partial charge < -0.3 is 4.90 Å². The van der Waals surface area contributed by atoms with Gasteiger partial charge in [-0.1, -0.05) is 18.2 Å². The standard InChI is InChI=1S/C12H14N2O/c1-2-14(10-12(15)8-9-13)11-6-4-3-5-7-11/h3-7H,2,8,10H2,1H3. The van der Waals surface area contributed by atoms with Gasteiger partial charge in [-0.3, -0.25) is 4.79 Å². The van der Waals surface area contributed by atoms with Crippen molar-refractivity contribution in [2.24, 2.45) is 0 Å². The van der Waals surface area contributed by atoms with E-state index in [9.17, 15) is 4.79 Å². The average Bonchev–Trinajstić information content (AvgIpc) is 2.27. The number of rotatable bonds is 5. The topological polar surface area (TPSA) is 44.1 Å². The van der Waals surface area contributed by atoms with E-state index in [1.807, 2.05) is 48.2 Å². The molecule has 0 N–H and O–H groups in total. The van der Waals surface area contributed by atoms with Crippen molar-refractivity contribution in [2.45, 2.75) is 13.3 Å². The van der Waals surface area contributed by atoms with Crippen LogP contribution in [0.15, 0.2) is 30.3 Å².